The molecule has 0 spiro atoms. The average molecular weight is 463 g/mol. The van der Waals surface area contributed by atoms with Gasteiger partial charge in [-0.25, -0.2) is 4.98 Å². The minimum absolute atomic E-state index is 0.209. The number of hydrogen-bond acceptors (Lipinski definition) is 5. The number of carbonyl (C=O) groups excluding carboxylic acids is 1. The lowest BCUT2D eigenvalue weighted by atomic mass is 10.1. The zero-order chi connectivity index (χ0) is 22.9. The van der Waals surface area contributed by atoms with Crippen molar-refractivity contribution < 1.29 is 18.0 Å². The molecule has 0 radical (unpaired) electrons. The Morgan fingerprint density at radius 2 is 1.72 bits per heavy atom. The highest BCUT2D eigenvalue weighted by Crippen LogP contribution is 2.34. The molecule has 2 aromatic heterocycles. The van der Waals surface area contributed by atoms with Crippen molar-refractivity contribution in [1.82, 2.24) is 14.8 Å². The molecule has 0 atom stereocenters. The monoisotopic (exact) mass is 462 g/mol. The molecule has 0 bridgehead atoms. The number of nitrogens with one attached hydrogen (secondary N) is 1. The predicted octanol–water partition coefficient (Wildman–Crippen LogP) is 5.01. The maximum absolute atomic E-state index is 12.9. The van der Waals surface area contributed by atoms with Crippen molar-refractivity contribution in [2.24, 2.45) is 0 Å². The van der Waals surface area contributed by atoms with Crippen LogP contribution in [0.25, 0.3) is 10.2 Å². The molecule has 1 amide bonds. The second-order valence-corrected chi connectivity index (χ2v) is 8.96. The Kier molecular flexibility index (Phi) is 6.50. The fourth-order valence-electron chi connectivity index (χ4n) is 3.88. The smallest absolute Gasteiger partial charge is 0.321 e. The second-order valence-electron chi connectivity index (χ2n) is 7.96. The third kappa shape index (κ3) is 4.95. The molecule has 3 aromatic rings. The summed E-state index contributed by atoms with van der Waals surface area (Å²) in [5, 5.41) is 3.41. The third-order valence-corrected chi connectivity index (χ3v) is 7.03. The Morgan fingerprint density at radius 1 is 1.06 bits per heavy atom. The fourth-order valence-corrected chi connectivity index (χ4v) is 4.95. The van der Waals surface area contributed by atoms with Gasteiger partial charge in [-0.05, 0) is 48.9 Å². The van der Waals surface area contributed by atoms with Gasteiger partial charge in [0.2, 0.25) is 0 Å². The van der Waals surface area contributed by atoms with E-state index in [1.165, 1.54) is 11.6 Å². The molecule has 1 aliphatic heterocycles. The van der Waals surface area contributed by atoms with Crippen LogP contribution >= 0.6 is 11.3 Å². The Hall–Kier alpha value is -2.49. The zero-order valence-corrected chi connectivity index (χ0v) is 18.8. The van der Waals surface area contributed by atoms with E-state index in [2.05, 4.69) is 27.0 Å². The lowest BCUT2D eigenvalue weighted by molar-refractivity contribution is -0.140. The van der Waals surface area contributed by atoms with Gasteiger partial charge in [-0.2, -0.15) is 13.2 Å². The van der Waals surface area contributed by atoms with Crippen LogP contribution < -0.4 is 5.32 Å². The molecule has 1 aliphatic rings. The zero-order valence-electron chi connectivity index (χ0n) is 18.0. The summed E-state index contributed by atoms with van der Waals surface area (Å²) in [5.41, 5.74) is 1.50. The summed E-state index contributed by atoms with van der Waals surface area (Å²) in [6.45, 7) is 10.1. The molecule has 0 aliphatic carbocycles. The molecule has 1 N–H and O–H groups in total. The van der Waals surface area contributed by atoms with Crippen LogP contribution in [-0.2, 0) is 12.7 Å². The first-order chi connectivity index (χ1) is 15.2. The molecule has 9 heteroatoms. The quantitative estimate of drug-likeness (QED) is 0.579. The number of aromatic nitrogens is 1. The maximum Gasteiger partial charge on any atom is 0.433 e. The number of hydrogen-bond donors (Lipinski definition) is 1. The number of piperazine rings is 1. The van der Waals surface area contributed by atoms with Crippen LogP contribution in [0.2, 0.25) is 0 Å². The van der Waals surface area contributed by atoms with E-state index < -0.39 is 11.9 Å². The van der Waals surface area contributed by atoms with Gasteiger partial charge in [0.1, 0.15) is 10.5 Å². The van der Waals surface area contributed by atoms with Gasteiger partial charge in [-0.15, -0.1) is 11.3 Å². The van der Waals surface area contributed by atoms with Gasteiger partial charge in [0.05, 0.1) is 4.88 Å². The van der Waals surface area contributed by atoms with Gasteiger partial charge in [-0.1, -0.05) is 19.1 Å². The van der Waals surface area contributed by atoms with E-state index in [9.17, 15) is 18.0 Å². The highest BCUT2D eigenvalue weighted by molar-refractivity contribution is 7.20. The lowest BCUT2D eigenvalue weighted by Crippen LogP contribution is -2.45. The Morgan fingerprint density at radius 3 is 2.34 bits per heavy atom. The minimum Gasteiger partial charge on any atom is -0.321 e. The summed E-state index contributed by atoms with van der Waals surface area (Å²) >= 11 is 0.976. The molecule has 170 valence electrons. The number of halogens is 3. The van der Waals surface area contributed by atoms with Gasteiger partial charge in [-0.3, -0.25) is 9.69 Å². The number of fused-ring (bicyclic) bond motifs is 1. The van der Waals surface area contributed by atoms with Crippen LogP contribution in [0.15, 0.2) is 36.4 Å². The van der Waals surface area contributed by atoms with E-state index in [4.69, 9.17) is 0 Å². The lowest BCUT2D eigenvalue weighted by Gasteiger charge is -2.34. The van der Waals surface area contributed by atoms with Crippen LogP contribution in [0.5, 0.6) is 0 Å². The number of aryl methyl sites for hydroxylation is 1. The molecule has 32 heavy (non-hydrogen) atoms. The van der Waals surface area contributed by atoms with Crippen LogP contribution in [0.3, 0.4) is 0 Å². The average Bonchev–Trinajstić information content (AvgIpc) is 3.11. The molecule has 5 nitrogen and oxygen atoms in total. The fraction of sp³-hybridized carbons (Fsp3) is 0.391. The number of amides is 1. The number of anilines is 1. The topological polar surface area (TPSA) is 48.5 Å². The molecule has 1 fully saturated rings. The predicted molar refractivity (Wildman–Crippen MR) is 121 cm³/mol. The Bertz CT molecular complexity index is 1100. The van der Waals surface area contributed by atoms with E-state index >= 15 is 0 Å². The third-order valence-electron chi connectivity index (χ3n) is 5.83. The van der Waals surface area contributed by atoms with Crippen molar-refractivity contribution in [3.63, 3.8) is 0 Å². The number of thiophene rings is 1. The maximum atomic E-state index is 12.9. The number of benzene rings is 1. The van der Waals surface area contributed by atoms with Crippen molar-refractivity contribution in [3.05, 3.63) is 58.1 Å². The van der Waals surface area contributed by atoms with E-state index in [-0.39, 0.29) is 10.7 Å². The second kappa shape index (κ2) is 9.17. The summed E-state index contributed by atoms with van der Waals surface area (Å²) in [5.74, 6) is -0.345. The SMILES string of the molecule is CCN1CCN(Cc2ccc(NC(=O)c3sc4nc(C(F)(F)F)ccc4c3C)cc2)CC1. The number of carbonyl (C=O) groups is 1. The van der Waals surface area contributed by atoms with Crippen LogP contribution in [-0.4, -0.2) is 53.4 Å². The number of rotatable bonds is 5. The summed E-state index contributed by atoms with van der Waals surface area (Å²) < 4.78 is 38.8. The molecule has 4 rings (SSSR count). The van der Waals surface area contributed by atoms with Crippen molar-refractivity contribution >= 4 is 33.1 Å². The van der Waals surface area contributed by atoms with Crippen molar-refractivity contribution in [1.29, 1.82) is 0 Å². The molecule has 0 saturated carbocycles. The first-order valence-corrected chi connectivity index (χ1v) is 11.4. The highest BCUT2D eigenvalue weighted by Gasteiger charge is 2.33. The van der Waals surface area contributed by atoms with Gasteiger partial charge >= 0.3 is 6.18 Å². The summed E-state index contributed by atoms with van der Waals surface area (Å²) in [4.78, 5) is 21.9. The van der Waals surface area contributed by atoms with E-state index in [0.29, 0.717) is 21.5 Å². The van der Waals surface area contributed by atoms with Gasteiger partial charge in [0.25, 0.3) is 5.91 Å². The number of pyridine rings is 1. The molecular formula is C23H25F3N4OS. The van der Waals surface area contributed by atoms with Gasteiger partial charge < -0.3 is 10.2 Å². The summed E-state index contributed by atoms with van der Waals surface area (Å²) in [7, 11) is 0. The number of likely N-dealkylation sites (N-methyl/N-ethyl adjacent to an activating group) is 1. The van der Waals surface area contributed by atoms with Gasteiger partial charge in [0.15, 0.2) is 0 Å². The first-order valence-electron chi connectivity index (χ1n) is 10.6. The standard InChI is InChI=1S/C23H25F3N4OS/c1-3-29-10-12-30(13-11-29)14-16-4-6-17(7-5-16)27-21(31)20-15(2)18-8-9-19(23(24,25)26)28-22(18)32-20/h4-9H,3,10-14H2,1-2H3,(H,27,31). The van der Waals surface area contributed by atoms with Crippen molar-refractivity contribution in [3.8, 4) is 0 Å². The van der Waals surface area contributed by atoms with Gasteiger partial charge in [0, 0.05) is 43.8 Å². The first kappa shape index (κ1) is 22.7. The van der Waals surface area contributed by atoms with Crippen LogP contribution in [0, 0.1) is 6.92 Å². The van der Waals surface area contributed by atoms with Crippen molar-refractivity contribution in [2.45, 2.75) is 26.6 Å². The highest BCUT2D eigenvalue weighted by atomic mass is 32.1. The van der Waals surface area contributed by atoms with E-state index in [0.717, 1.165) is 56.7 Å². The minimum atomic E-state index is -4.51. The van der Waals surface area contributed by atoms with E-state index in [1.54, 1.807) is 6.92 Å². The van der Waals surface area contributed by atoms with Crippen molar-refractivity contribution in [2.75, 3.05) is 38.0 Å². The largest absolute Gasteiger partial charge is 0.433 e. The molecule has 3 heterocycles. The summed E-state index contributed by atoms with van der Waals surface area (Å²) in [6.07, 6.45) is -4.51. The molecular weight excluding hydrogens is 437 g/mol. The molecule has 1 saturated heterocycles. The number of nitrogens with zero attached hydrogens (tertiary/aromatic N) is 3. The number of alkyl halides is 3. The summed E-state index contributed by atoms with van der Waals surface area (Å²) in [6, 6.07) is 10.0. The Balaban J connectivity index is 1.42. The van der Waals surface area contributed by atoms with E-state index in [1.807, 2.05) is 24.3 Å². The van der Waals surface area contributed by atoms with Crippen LogP contribution in [0.4, 0.5) is 18.9 Å². The van der Waals surface area contributed by atoms with Crippen LogP contribution in [0.1, 0.15) is 33.4 Å². The normalized spacial score (nSPS) is 15.9. The molecule has 0 unspecified atom stereocenters. The molecule has 1 aromatic carbocycles. The Labute approximate surface area is 188 Å².